The summed E-state index contributed by atoms with van der Waals surface area (Å²) in [5, 5.41) is 0. The highest BCUT2D eigenvalue weighted by Crippen LogP contribution is 2.34. The van der Waals surface area contributed by atoms with Gasteiger partial charge < -0.3 is 18.4 Å². The first-order valence-corrected chi connectivity index (χ1v) is 11.1. The molecule has 0 heterocycles. The van der Waals surface area contributed by atoms with Crippen LogP contribution in [0.3, 0.4) is 0 Å². The monoisotopic (exact) mass is 434 g/mol. The van der Waals surface area contributed by atoms with E-state index in [0.717, 1.165) is 24.7 Å². The highest BCUT2D eigenvalue weighted by Gasteiger charge is 2.24. The fourth-order valence-electron chi connectivity index (χ4n) is 2.46. The maximum Gasteiger partial charge on any atom is 0.344 e. The van der Waals surface area contributed by atoms with Gasteiger partial charge in [-0.05, 0) is 42.5 Å². The van der Waals surface area contributed by atoms with Crippen LogP contribution in [0, 0.1) is 5.92 Å². The van der Waals surface area contributed by atoms with Gasteiger partial charge in [0.15, 0.2) is 18.1 Å². The molecule has 0 bridgehead atoms. The van der Waals surface area contributed by atoms with Crippen LogP contribution in [-0.4, -0.2) is 39.8 Å². The number of ether oxygens (including phenoxy) is 3. The molecule has 0 spiro atoms. The van der Waals surface area contributed by atoms with Crippen LogP contribution >= 0.6 is 0 Å². The molecule has 9 heteroatoms. The third-order valence-corrected chi connectivity index (χ3v) is 4.64. The molecule has 30 heavy (non-hydrogen) atoms. The van der Waals surface area contributed by atoms with Gasteiger partial charge in [-0.1, -0.05) is 30.3 Å². The van der Waals surface area contributed by atoms with Gasteiger partial charge in [-0.3, -0.25) is 0 Å². The molecule has 1 aliphatic carbocycles. The maximum atomic E-state index is 12.3. The van der Waals surface area contributed by atoms with Crippen molar-refractivity contribution in [3.8, 4) is 11.5 Å². The molecular formula is C21H22O8S. The number of hydrogen-bond donors (Lipinski definition) is 0. The lowest BCUT2D eigenvalue weighted by atomic mass is 10.2. The Kier molecular flexibility index (Phi) is 6.94. The summed E-state index contributed by atoms with van der Waals surface area (Å²) < 4.78 is 43.5. The molecule has 0 amide bonds. The van der Waals surface area contributed by atoms with Crippen molar-refractivity contribution >= 4 is 22.1 Å². The standard InChI is InChI=1S/C21H22O8S/c1-30(24,25)29-18-10-9-17(11-19(18)26-12-16-7-8-16)21(23)28-14-20(22)27-13-15-5-3-2-4-6-15/h2-6,9-11,16H,7-8,12-14H2,1H3. The van der Waals surface area contributed by atoms with Gasteiger partial charge in [-0.25, -0.2) is 9.59 Å². The first kappa shape index (κ1) is 21.6. The summed E-state index contributed by atoms with van der Waals surface area (Å²) in [6.07, 6.45) is 2.99. The van der Waals surface area contributed by atoms with Crippen molar-refractivity contribution in [2.45, 2.75) is 19.4 Å². The zero-order chi connectivity index (χ0) is 21.6. The van der Waals surface area contributed by atoms with E-state index in [1.165, 1.54) is 18.2 Å². The van der Waals surface area contributed by atoms with Crippen molar-refractivity contribution in [1.82, 2.24) is 0 Å². The molecule has 1 saturated carbocycles. The number of esters is 2. The Hall–Kier alpha value is -3.07. The molecule has 8 nitrogen and oxygen atoms in total. The van der Waals surface area contributed by atoms with Crippen molar-refractivity contribution < 1.29 is 36.4 Å². The highest BCUT2D eigenvalue weighted by molar-refractivity contribution is 7.86. The second-order valence-corrected chi connectivity index (χ2v) is 8.50. The Morgan fingerprint density at radius 2 is 1.73 bits per heavy atom. The van der Waals surface area contributed by atoms with E-state index in [2.05, 4.69) is 0 Å². The molecule has 0 saturated heterocycles. The number of carbonyl (C=O) groups excluding carboxylic acids is 2. The molecule has 1 aliphatic rings. The highest BCUT2D eigenvalue weighted by atomic mass is 32.2. The van der Waals surface area contributed by atoms with Crippen molar-refractivity contribution in [2.75, 3.05) is 19.5 Å². The van der Waals surface area contributed by atoms with Crippen LogP contribution in [0.4, 0.5) is 0 Å². The van der Waals surface area contributed by atoms with E-state index >= 15 is 0 Å². The summed E-state index contributed by atoms with van der Waals surface area (Å²) in [7, 11) is -3.76. The van der Waals surface area contributed by atoms with E-state index in [9.17, 15) is 18.0 Å². The fraction of sp³-hybridized carbons (Fsp3) is 0.333. The third-order valence-electron chi connectivity index (χ3n) is 4.16. The lowest BCUT2D eigenvalue weighted by molar-refractivity contribution is -0.148. The molecule has 2 aromatic carbocycles. The first-order chi connectivity index (χ1) is 14.3. The summed E-state index contributed by atoms with van der Waals surface area (Å²) in [6.45, 7) is -0.0795. The van der Waals surface area contributed by atoms with E-state index in [4.69, 9.17) is 18.4 Å². The average Bonchev–Trinajstić information content (AvgIpc) is 3.54. The molecular weight excluding hydrogens is 412 g/mol. The predicted molar refractivity (Wildman–Crippen MR) is 107 cm³/mol. The smallest absolute Gasteiger partial charge is 0.344 e. The third kappa shape index (κ3) is 7.07. The quantitative estimate of drug-likeness (QED) is 0.415. The second kappa shape index (κ2) is 9.62. The normalized spacial score (nSPS) is 13.4. The second-order valence-electron chi connectivity index (χ2n) is 6.93. The molecule has 0 N–H and O–H groups in total. The Morgan fingerprint density at radius 3 is 2.40 bits per heavy atom. The molecule has 0 aromatic heterocycles. The van der Waals surface area contributed by atoms with Crippen molar-refractivity contribution in [3.63, 3.8) is 0 Å². The largest absolute Gasteiger partial charge is 0.489 e. The van der Waals surface area contributed by atoms with Crippen LogP contribution in [0.15, 0.2) is 48.5 Å². The Bertz CT molecular complexity index is 997. The van der Waals surface area contributed by atoms with Gasteiger partial charge in [0.1, 0.15) is 6.61 Å². The van der Waals surface area contributed by atoms with Crippen molar-refractivity contribution in [3.05, 3.63) is 59.7 Å². The molecule has 3 rings (SSSR count). The van der Waals surface area contributed by atoms with Gasteiger partial charge in [0.2, 0.25) is 0 Å². The summed E-state index contributed by atoms with van der Waals surface area (Å²) in [6, 6.07) is 13.1. The average molecular weight is 434 g/mol. The predicted octanol–water partition coefficient (Wildman–Crippen LogP) is 2.71. The Balaban J connectivity index is 1.58. The molecule has 0 unspecified atom stereocenters. The fourth-order valence-corrected chi connectivity index (χ4v) is 2.92. The van der Waals surface area contributed by atoms with Gasteiger partial charge in [0.25, 0.3) is 0 Å². The van der Waals surface area contributed by atoms with E-state index in [1.54, 1.807) is 0 Å². The molecule has 0 aliphatic heterocycles. The SMILES string of the molecule is CS(=O)(=O)Oc1ccc(C(=O)OCC(=O)OCc2ccccc2)cc1OCC1CC1. The van der Waals surface area contributed by atoms with E-state index in [0.29, 0.717) is 12.5 Å². The Morgan fingerprint density at radius 1 is 1.00 bits per heavy atom. The first-order valence-electron chi connectivity index (χ1n) is 9.33. The molecule has 0 radical (unpaired) electrons. The minimum Gasteiger partial charge on any atom is -0.489 e. The number of benzene rings is 2. The minimum absolute atomic E-state index is 0.0167. The summed E-state index contributed by atoms with van der Waals surface area (Å²) in [5.41, 5.74) is 0.911. The van der Waals surface area contributed by atoms with Gasteiger partial charge in [0, 0.05) is 0 Å². The topological polar surface area (TPSA) is 105 Å². The van der Waals surface area contributed by atoms with Crippen molar-refractivity contribution in [2.24, 2.45) is 5.92 Å². The zero-order valence-electron chi connectivity index (χ0n) is 16.4. The van der Waals surface area contributed by atoms with Crippen LogP contribution in [-0.2, 0) is 31.0 Å². The van der Waals surface area contributed by atoms with Crippen LogP contribution in [0.2, 0.25) is 0 Å². The van der Waals surface area contributed by atoms with Gasteiger partial charge in [-0.15, -0.1) is 0 Å². The molecule has 1 fully saturated rings. The lowest BCUT2D eigenvalue weighted by Crippen LogP contribution is -2.17. The molecule has 0 atom stereocenters. The Labute approximate surface area is 174 Å². The number of hydrogen-bond acceptors (Lipinski definition) is 8. The summed E-state index contributed by atoms with van der Waals surface area (Å²) >= 11 is 0. The number of carbonyl (C=O) groups is 2. The van der Waals surface area contributed by atoms with Gasteiger partial charge >= 0.3 is 22.1 Å². The molecule has 2 aromatic rings. The van der Waals surface area contributed by atoms with E-state index in [-0.39, 0.29) is 23.7 Å². The van der Waals surface area contributed by atoms with Gasteiger partial charge in [0.05, 0.1) is 18.4 Å². The van der Waals surface area contributed by atoms with Crippen LogP contribution in [0.5, 0.6) is 11.5 Å². The van der Waals surface area contributed by atoms with E-state index < -0.39 is 28.7 Å². The van der Waals surface area contributed by atoms with Crippen LogP contribution in [0.25, 0.3) is 0 Å². The number of rotatable bonds is 10. The molecule has 160 valence electrons. The maximum absolute atomic E-state index is 12.3. The lowest BCUT2D eigenvalue weighted by Gasteiger charge is -2.12. The summed E-state index contributed by atoms with van der Waals surface area (Å²) in [4.78, 5) is 24.1. The van der Waals surface area contributed by atoms with E-state index in [1.807, 2.05) is 30.3 Å². The summed E-state index contributed by atoms with van der Waals surface area (Å²) in [5.74, 6) is -0.945. The zero-order valence-corrected chi connectivity index (χ0v) is 17.2. The minimum atomic E-state index is -3.76. The van der Waals surface area contributed by atoms with Crippen LogP contribution < -0.4 is 8.92 Å². The van der Waals surface area contributed by atoms with Crippen molar-refractivity contribution in [1.29, 1.82) is 0 Å². The van der Waals surface area contributed by atoms with Gasteiger partial charge in [-0.2, -0.15) is 8.42 Å². The van der Waals surface area contributed by atoms with Crippen LogP contribution in [0.1, 0.15) is 28.8 Å².